The third kappa shape index (κ3) is 3.64. The molecule has 0 saturated heterocycles. The Hall–Kier alpha value is -1.69. The molecular formula is C16H21NO2. The summed E-state index contributed by atoms with van der Waals surface area (Å²) in [4.78, 5) is 0. The fourth-order valence-corrected chi connectivity index (χ4v) is 2.56. The van der Waals surface area contributed by atoms with E-state index < -0.39 is 0 Å². The van der Waals surface area contributed by atoms with Gasteiger partial charge in [-0.2, -0.15) is 5.26 Å². The number of hydrogen-bond acceptors (Lipinski definition) is 3. The molecule has 1 aromatic rings. The highest BCUT2D eigenvalue weighted by atomic mass is 16.5. The maximum absolute atomic E-state index is 9.19. The van der Waals surface area contributed by atoms with Gasteiger partial charge in [-0.1, -0.05) is 6.92 Å². The van der Waals surface area contributed by atoms with E-state index in [1.165, 1.54) is 0 Å². The summed E-state index contributed by atoms with van der Waals surface area (Å²) in [5, 5.41) is 9.19. The summed E-state index contributed by atoms with van der Waals surface area (Å²) in [6.45, 7) is 4.85. The van der Waals surface area contributed by atoms with Crippen LogP contribution < -0.4 is 9.47 Å². The average Bonchev–Trinajstić information content (AvgIpc) is 2.42. The first-order chi connectivity index (χ1) is 9.22. The zero-order valence-corrected chi connectivity index (χ0v) is 11.6. The number of benzene rings is 1. The average molecular weight is 259 g/mol. The minimum absolute atomic E-state index is 0.0165. The van der Waals surface area contributed by atoms with Gasteiger partial charge in [-0.3, -0.25) is 0 Å². The second-order valence-corrected chi connectivity index (χ2v) is 5.21. The Labute approximate surface area is 115 Å². The highest BCUT2D eigenvalue weighted by molar-refractivity contribution is 5.31. The van der Waals surface area contributed by atoms with E-state index in [1.807, 2.05) is 31.2 Å². The largest absolute Gasteiger partial charge is 0.494 e. The molecule has 3 atom stereocenters. The summed E-state index contributed by atoms with van der Waals surface area (Å²) in [7, 11) is 0. The van der Waals surface area contributed by atoms with Gasteiger partial charge in [0, 0.05) is 0 Å². The molecule has 0 aliphatic heterocycles. The third-order valence-corrected chi connectivity index (χ3v) is 3.64. The van der Waals surface area contributed by atoms with E-state index in [4.69, 9.17) is 9.47 Å². The van der Waals surface area contributed by atoms with E-state index >= 15 is 0 Å². The van der Waals surface area contributed by atoms with Crippen molar-refractivity contribution in [1.82, 2.24) is 0 Å². The lowest BCUT2D eigenvalue weighted by atomic mass is 9.81. The molecule has 0 spiro atoms. The van der Waals surface area contributed by atoms with Gasteiger partial charge in [0.15, 0.2) is 0 Å². The molecule has 1 fully saturated rings. The molecule has 3 heteroatoms. The van der Waals surface area contributed by atoms with Crippen LogP contribution in [0.3, 0.4) is 0 Å². The van der Waals surface area contributed by atoms with Crippen molar-refractivity contribution < 1.29 is 9.47 Å². The van der Waals surface area contributed by atoms with Crippen LogP contribution >= 0.6 is 0 Å². The van der Waals surface area contributed by atoms with E-state index in [9.17, 15) is 5.26 Å². The van der Waals surface area contributed by atoms with Crippen LogP contribution in [0.15, 0.2) is 24.3 Å². The van der Waals surface area contributed by atoms with Crippen LogP contribution in [0.4, 0.5) is 0 Å². The highest BCUT2D eigenvalue weighted by Gasteiger charge is 2.30. The zero-order chi connectivity index (χ0) is 13.7. The second kappa shape index (κ2) is 6.47. The Morgan fingerprint density at radius 1 is 1.21 bits per heavy atom. The van der Waals surface area contributed by atoms with Gasteiger partial charge < -0.3 is 9.47 Å². The first-order valence-corrected chi connectivity index (χ1v) is 7.02. The van der Waals surface area contributed by atoms with Crippen LogP contribution in [0.1, 0.15) is 33.1 Å². The van der Waals surface area contributed by atoms with E-state index in [0.717, 1.165) is 30.8 Å². The summed E-state index contributed by atoms with van der Waals surface area (Å²) in [5.74, 6) is 2.33. The maximum atomic E-state index is 9.19. The Morgan fingerprint density at radius 2 is 1.89 bits per heavy atom. The van der Waals surface area contributed by atoms with Crippen molar-refractivity contribution in [3.05, 3.63) is 24.3 Å². The van der Waals surface area contributed by atoms with E-state index in [1.54, 1.807) is 0 Å². The fraction of sp³-hybridized carbons (Fsp3) is 0.562. The van der Waals surface area contributed by atoms with Gasteiger partial charge >= 0.3 is 0 Å². The fourth-order valence-electron chi connectivity index (χ4n) is 2.56. The molecule has 2 rings (SSSR count). The van der Waals surface area contributed by atoms with Crippen molar-refractivity contribution in [3.63, 3.8) is 0 Å². The van der Waals surface area contributed by atoms with Gasteiger partial charge in [-0.15, -0.1) is 0 Å². The number of rotatable bonds is 4. The van der Waals surface area contributed by atoms with Crippen molar-refractivity contribution in [2.75, 3.05) is 6.61 Å². The monoisotopic (exact) mass is 259 g/mol. The van der Waals surface area contributed by atoms with Gasteiger partial charge in [0.05, 0.1) is 18.6 Å². The lowest BCUT2D eigenvalue weighted by Gasteiger charge is -2.31. The quantitative estimate of drug-likeness (QED) is 0.826. The van der Waals surface area contributed by atoms with Crippen LogP contribution in [0.2, 0.25) is 0 Å². The second-order valence-electron chi connectivity index (χ2n) is 5.21. The van der Waals surface area contributed by atoms with Crippen molar-refractivity contribution in [3.8, 4) is 17.6 Å². The normalized spacial score (nSPS) is 26.5. The number of ether oxygens (including phenoxy) is 2. The van der Waals surface area contributed by atoms with Crippen molar-refractivity contribution in [2.45, 2.75) is 39.2 Å². The molecule has 0 aromatic heterocycles. The van der Waals surface area contributed by atoms with Crippen LogP contribution in [0.5, 0.6) is 11.5 Å². The van der Waals surface area contributed by atoms with E-state index in [0.29, 0.717) is 12.5 Å². The molecule has 1 aliphatic rings. The topological polar surface area (TPSA) is 42.2 Å². The number of nitriles is 1. The number of nitrogens with zero attached hydrogens (tertiary/aromatic N) is 1. The van der Waals surface area contributed by atoms with Gasteiger partial charge in [0.25, 0.3) is 0 Å². The van der Waals surface area contributed by atoms with E-state index in [-0.39, 0.29) is 12.0 Å². The molecule has 3 unspecified atom stereocenters. The summed E-state index contributed by atoms with van der Waals surface area (Å²) in [6.07, 6.45) is 3.05. The molecule has 0 bridgehead atoms. The lowest BCUT2D eigenvalue weighted by Crippen LogP contribution is -2.32. The molecule has 3 nitrogen and oxygen atoms in total. The molecule has 0 amide bonds. The van der Waals surface area contributed by atoms with Crippen molar-refractivity contribution in [1.29, 1.82) is 5.26 Å². The zero-order valence-electron chi connectivity index (χ0n) is 11.6. The van der Waals surface area contributed by atoms with Gasteiger partial charge in [0.2, 0.25) is 0 Å². The Bertz CT molecular complexity index is 435. The maximum Gasteiger partial charge on any atom is 0.120 e. The van der Waals surface area contributed by atoms with Crippen LogP contribution in [0.25, 0.3) is 0 Å². The molecule has 0 N–H and O–H groups in total. The standard InChI is InChI=1S/C16H21NO2/c1-3-18-14-6-8-15(9-7-14)19-16-10-12(2)4-5-13(16)11-17/h6-9,12-13,16H,3-5,10H2,1-2H3. The number of hydrogen-bond donors (Lipinski definition) is 0. The van der Waals surface area contributed by atoms with Gasteiger partial charge in [-0.05, 0) is 56.4 Å². The highest BCUT2D eigenvalue weighted by Crippen LogP contribution is 2.32. The smallest absolute Gasteiger partial charge is 0.120 e. The Balaban J connectivity index is 2.00. The summed E-state index contributed by atoms with van der Waals surface area (Å²) < 4.78 is 11.4. The predicted octanol–water partition coefficient (Wildman–Crippen LogP) is 3.79. The molecule has 1 aromatic carbocycles. The predicted molar refractivity (Wildman–Crippen MR) is 74.1 cm³/mol. The summed E-state index contributed by atoms with van der Waals surface area (Å²) >= 11 is 0. The minimum Gasteiger partial charge on any atom is -0.494 e. The third-order valence-electron chi connectivity index (χ3n) is 3.64. The molecule has 1 saturated carbocycles. The van der Waals surface area contributed by atoms with Crippen LogP contribution in [0, 0.1) is 23.2 Å². The Morgan fingerprint density at radius 3 is 2.53 bits per heavy atom. The molecule has 19 heavy (non-hydrogen) atoms. The molecule has 102 valence electrons. The molecule has 0 heterocycles. The summed E-state index contributed by atoms with van der Waals surface area (Å²) in [6, 6.07) is 10.0. The lowest BCUT2D eigenvalue weighted by molar-refractivity contribution is 0.0955. The first-order valence-electron chi connectivity index (χ1n) is 7.02. The molecule has 1 aliphatic carbocycles. The minimum atomic E-state index is 0.0165. The van der Waals surface area contributed by atoms with E-state index in [2.05, 4.69) is 13.0 Å². The Kier molecular flexibility index (Phi) is 4.68. The SMILES string of the molecule is CCOc1ccc(OC2CC(C)CCC2C#N)cc1. The summed E-state index contributed by atoms with van der Waals surface area (Å²) in [5.41, 5.74) is 0. The van der Waals surface area contributed by atoms with Gasteiger partial charge in [0.1, 0.15) is 17.6 Å². The first kappa shape index (κ1) is 13.7. The van der Waals surface area contributed by atoms with Gasteiger partial charge in [-0.25, -0.2) is 0 Å². The molecular weight excluding hydrogens is 238 g/mol. The van der Waals surface area contributed by atoms with Crippen LogP contribution in [-0.4, -0.2) is 12.7 Å². The van der Waals surface area contributed by atoms with Crippen molar-refractivity contribution >= 4 is 0 Å². The van der Waals surface area contributed by atoms with Crippen molar-refractivity contribution in [2.24, 2.45) is 11.8 Å². The molecule has 0 radical (unpaired) electrons. The van der Waals surface area contributed by atoms with Crippen LogP contribution in [-0.2, 0) is 0 Å².